The minimum atomic E-state index is 1.13. The Morgan fingerprint density at radius 2 is 2.50 bits per heavy atom. The predicted molar refractivity (Wildman–Crippen MR) is 49.3 cm³/mol. The van der Waals surface area contributed by atoms with Gasteiger partial charge in [-0.15, -0.1) is 11.8 Å². The lowest BCUT2D eigenvalue weighted by atomic mass is 10.7. The summed E-state index contributed by atoms with van der Waals surface area (Å²) < 4.78 is 1.13. The molecule has 8 heavy (non-hydrogen) atoms. The second-order valence-electron chi connectivity index (χ2n) is 1.30. The van der Waals surface area contributed by atoms with Crippen LogP contribution in [0.2, 0.25) is 0 Å². The molecule has 0 saturated carbocycles. The van der Waals surface area contributed by atoms with E-state index in [0.29, 0.717) is 0 Å². The fourth-order valence-electron chi connectivity index (χ4n) is 0.331. The summed E-state index contributed by atoms with van der Waals surface area (Å²) in [5.74, 6) is 0. The predicted octanol–water partition coefficient (Wildman–Crippen LogP) is 2.19. The van der Waals surface area contributed by atoms with Gasteiger partial charge in [0.05, 0.1) is 0 Å². The van der Waals surface area contributed by atoms with Gasteiger partial charge in [0.15, 0.2) is 0 Å². The van der Waals surface area contributed by atoms with Crippen LogP contribution in [0.25, 0.3) is 0 Å². The topological polar surface area (TPSA) is 12.0 Å². The zero-order chi connectivity index (χ0) is 6.41. The molecule has 0 unspecified atom stereocenters. The monoisotopic (exact) mass is 243 g/mol. The average molecular weight is 243 g/mol. The van der Waals surface area contributed by atoms with Crippen molar-refractivity contribution < 1.29 is 0 Å². The van der Waals surface area contributed by atoms with E-state index >= 15 is 0 Å². The van der Waals surface area contributed by atoms with Gasteiger partial charge < -0.3 is 5.32 Å². The Hall–Kier alpha value is 0.620. The van der Waals surface area contributed by atoms with Gasteiger partial charge in [0, 0.05) is 17.0 Å². The molecule has 1 N–H and O–H groups in total. The number of thioether (sulfide) groups is 1. The number of hydrogen-bond donors (Lipinski definition) is 1. The molecule has 0 aliphatic heterocycles. The van der Waals surface area contributed by atoms with E-state index < -0.39 is 0 Å². The SMILES string of the molecule is CN/C=C(/C)SCI. The normalized spacial score (nSPS) is 11.6. The van der Waals surface area contributed by atoms with E-state index in [1.165, 1.54) is 4.91 Å². The van der Waals surface area contributed by atoms with Crippen molar-refractivity contribution in [1.82, 2.24) is 5.32 Å². The van der Waals surface area contributed by atoms with Gasteiger partial charge in [-0.25, -0.2) is 0 Å². The van der Waals surface area contributed by atoms with E-state index in [4.69, 9.17) is 0 Å². The maximum atomic E-state index is 2.97. The molecule has 0 radical (unpaired) electrons. The highest BCUT2D eigenvalue weighted by Crippen LogP contribution is 2.15. The van der Waals surface area contributed by atoms with E-state index in [2.05, 4.69) is 34.8 Å². The summed E-state index contributed by atoms with van der Waals surface area (Å²) in [6.45, 7) is 2.10. The highest BCUT2D eigenvalue weighted by Gasteiger charge is 1.83. The molecule has 0 fully saturated rings. The first kappa shape index (κ1) is 8.62. The van der Waals surface area contributed by atoms with Crippen molar-refractivity contribution in [2.45, 2.75) is 6.92 Å². The second kappa shape index (κ2) is 5.75. The Balaban J connectivity index is 3.29. The van der Waals surface area contributed by atoms with Crippen LogP contribution in [0, 0.1) is 0 Å². The number of allylic oxidation sites excluding steroid dienone is 1. The Kier molecular flexibility index (Phi) is 6.20. The van der Waals surface area contributed by atoms with Crippen molar-refractivity contribution in [1.29, 1.82) is 0 Å². The Morgan fingerprint density at radius 1 is 1.88 bits per heavy atom. The molecule has 0 spiro atoms. The summed E-state index contributed by atoms with van der Waals surface area (Å²) in [5, 5.41) is 2.97. The Bertz CT molecular complexity index is 82.5. The van der Waals surface area contributed by atoms with Gasteiger partial charge in [-0.3, -0.25) is 0 Å². The lowest BCUT2D eigenvalue weighted by Gasteiger charge is -1.93. The van der Waals surface area contributed by atoms with E-state index in [1.54, 1.807) is 0 Å². The highest BCUT2D eigenvalue weighted by molar-refractivity contribution is 14.1. The molecule has 0 rings (SSSR count). The van der Waals surface area contributed by atoms with E-state index in [-0.39, 0.29) is 0 Å². The minimum Gasteiger partial charge on any atom is -0.393 e. The Morgan fingerprint density at radius 3 is 2.88 bits per heavy atom. The van der Waals surface area contributed by atoms with Crippen molar-refractivity contribution in [2.75, 3.05) is 10.8 Å². The van der Waals surface area contributed by atoms with Crippen LogP contribution in [0.4, 0.5) is 0 Å². The van der Waals surface area contributed by atoms with Crippen molar-refractivity contribution >= 4 is 34.4 Å². The molecular weight excluding hydrogens is 233 g/mol. The summed E-state index contributed by atoms with van der Waals surface area (Å²) in [5.41, 5.74) is 0. The second-order valence-corrected chi connectivity index (χ2v) is 4.32. The summed E-state index contributed by atoms with van der Waals surface area (Å²) >= 11 is 4.18. The minimum absolute atomic E-state index is 1.13. The first-order chi connectivity index (χ1) is 3.81. The first-order valence-corrected chi connectivity index (χ1v) is 4.85. The van der Waals surface area contributed by atoms with Crippen molar-refractivity contribution in [3.05, 3.63) is 11.1 Å². The maximum Gasteiger partial charge on any atom is 0.0498 e. The molecule has 0 atom stereocenters. The van der Waals surface area contributed by atoms with Crippen molar-refractivity contribution in [3.63, 3.8) is 0 Å². The molecule has 0 heterocycles. The maximum absolute atomic E-state index is 2.97. The number of rotatable bonds is 3. The molecule has 3 heteroatoms. The van der Waals surface area contributed by atoms with Crippen LogP contribution in [-0.4, -0.2) is 10.8 Å². The molecule has 0 aromatic rings. The standard InChI is InChI=1S/C5H10INS/c1-5(3-7-2)8-4-6/h3,7H,4H2,1-2H3/b5-3-. The van der Waals surface area contributed by atoms with Gasteiger partial charge in [-0.05, 0) is 11.8 Å². The molecule has 0 aliphatic rings. The molecule has 0 aliphatic carbocycles. The third-order valence-corrected chi connectivity index (χ3v) is 2.25. The number of alkyl halides is 1. The van der Waals surface area contributed by atoms with Crippen LogP contribution in [-0.2, 0) is 0 Å². The van der Waals surface area contributed by atoms with Crippen LogP contribution in [0.15, 0.2) is 11.1 Å². The quantitative estimate of drug-likeness (QED) is 0.602. The summed E-state index contributed by atoms with van der Waals surface area (Å²) in [7, 11) is 1.91. The van der Waals surface area contributed by atoms with Crippen LogP contribution in [0.5, 0.6) is 0 Å². The molecule has 1 nitrogen and oxygen atoms in total. The van der Waals surface area contributed by atoms with E-state index in [9.17, 15) is 0 Å². The highest BCUT2D eigenvalue weighted by atomic mass is 127. The van der Waals surface area contributed by atoms with E-state index in [1.807, 2.05) is 25.0 Å². The van der Waals surface area contributed by atoms with E-state index in [0.717, 1.165) is 3.76 Å². The lowest BCUT2D eigenvalue weighted by molar-refractivity contribution is 1.09. The zero-order valence-corrected chi connectivity index (χ0v) is 8.04. The van der Waals surface area contributed by atoms with Crippen LogP contribution in [0.1, 0.15) is 6.92 Å². The molecule has 0 aromatic heterocycles. The summed E-state index contributed by atoms with van der Waals surface area (Å²) in [6.07, 6.45) is 2.00. The zero-order valence-electron chi connectivity index (χ0n) is 5.07. The van der Waals surface area contributed by atoms with Gasteiger partial charge in [0.1, 0.15) is 0 Å². The number of hydrogen-bond acceptors (Lipinski definition) is 2. The summed E-state index contributed by atoms with van der Waals surface area (Å²) in [4.78, 5) is 1.34. The molecular formula is C5H10INS. The smallest absolute Gasteiger partial charge is 0.0498 e. The largest absolute Gasteiger partial charge is 0.393 e. The lowest BCUT2D eigenvalue weighted by Crippen LogP contribution is -1.92. The van der Waals surface area contributed by atoms with Crippen molar-refractivity contribution in [2.24, 2.45) is 0 Å². The fourth-order valence-corrected chi connectivity index (χ4v) is 2.18. The van der Waals surface area contributed by atoms with Crippen LogP contribution < -0.4 is 5.32 Å². The Labute approximate surface area is 68.4 Å². The van der Waals surface area contributed by atoms with Crippen LogP contribution in [0.3, 0.4) is 0 Å². The van der Waals surface area contributed by atoms with Gasteiger partial charge in [0.2, 0.25) is 0 Å². The van der Waals surface area contributed by atoms with Gasteiger partial charge >= 0.3 is 0 Å². The first-order valence-electron chi connectivity index (χ1n) is 2.34. The van der Waals surface area contributed by atoms with Crippen molar-refractivity contribution in [3.8, 4) is 0 Å². The van der Waals surface area contributed by atoms with Crippen LogP contribution >= 0.6 is 34.4 Å². The molecule has 0 amide bonds. The molecule has 0 aromatic carbocycles. The average Bonchev–Trinajstić information content (AvgIpc) is 1.68. The molecule has 0 bridgehead atoms. The van der Waals surface area contributed by atoms with Gasteiger partial charge in [-0.1, -0.05) is 22.6 Å². The number of nitrogens with one attached hydrogen (secondary N) is 1. The number of halogens is 1. The third kappa shape index (κ3) is 4.77. The third-order valence-electron chi connectivity index (χ3n) is 0.630. The van der Waals surface area contributed by atoms with Gasteiger partial charge in [0.25, 0.3) is 0 Å². The fraction of sp³-hybridized carbons (Fsp3) is 0.600. The molecule has 48 valence electrons. The van der Waals surface area contributed by atoms with Gasteiger partial charge in [-0.2, -0.15) is 0 Å². The molecule has 0 saturated heterocycles. The summed E-state index contributed by atoms with van der Waals surface area (Å²) in [6, 6.07) is 0.